The molecule has 3 rings (SSSR count). The number of amides is 1. The van der Waals surface area contributed by atoms with Gasteiger partial charge in [0.15, 0.2) is 15.6 Å². The lowest BCUT2D eigenvalue weighted by Crippen LogP contribution is -2.43. The molecule has 0 unspecified atom stereocenters. The molecule has 0 saturated heterocycles. The SMILES string of the molecule is C[C@H]1[C@H](C)CCC[C@@H]1NC(=O)c1ccc(CS(=O)(=O)c2ccc(Cl)cc2)o1. The smallest absolute Gasteiger partial charge is 0.287 e. The van der Waals surface area contributed by atoms with Crippen LogP contribution in [0.15, 0.2) is 45.7 Å². The predicted octanol–water partition coefficient (Wildman–Crippen LogP) is 4.46. The van der Waals surface area contributed by atoms with Gasteiger partial charge >= 0.3 is 0 Å². The molecule has 27 heavy (non-hydrogen) atoms. The number of rotatable bonds is 5. The summed E-state index contributed by atoms with van der Waals surface area (Å²) in [6, 6.07) is 9.16. The maximum Gasteiger partial charge on any atom is 0.287 e. The summed E-state index contributed by atoms with van der Waals surface area (Å²) in [6.45, 7) is 4.36. The Bertz CT molecular complexity index is 904. The summed E-state index contributed by atoms with van der Waals surface area (Å²) < 4.78 is 30.5. The third-order valence-electron chi connectivity index (χ3n) is 5.41. The Morgan fingerprint density at radius 1 is 1.15 bits per heavy atom. The minimum absolute atomic E-state index is 0.118. The quantitative estimate of drug-likeness (QED) is 0.790. The van der Waals surface area contributed by atoms with Crippen LogP contribution >= 0.6 is 11.6 Å². The minimum atomic E-state index is -3.57. The lowest BCUT2D eigenvalue weighted by atomic mass is 9.78. The van der Waals surface area contributed by atoms with Crippen molar-refractivity contribution in [3.05, 3.63) is 52.9 Å². The summed E-state index contributed by atoms with van der Waals surface area (Å²) >= 11 is 5.80. The lowest BCUT2D eigenvalue weighted by Gasteiger charge is -2.34. The van der Waals surface area contributed by atoms with Gasteiger partial charge in [-0.3, -0.25) is 4.79 Å². The van der Waals surface area contributed by atoms with Crippen molar-refractivity contribution in [3.8, 4) is 0 Å². The van der Waals surface area contributed by atoms with Gasteiger partial charge in [-0.1, -0.05) is 38.3 Å². The van der Waals surface area contributed by atoms with E-state index in [0.717, 1.165) is 12.8 Å². The number of halogens is 1. The van der Waals surface area contributed by atoms with E-state index in [1.54, 1.807) is 0 Å². The maximum absolute atomic E-state index is 12.5. The van der Waals surface area contributed by atoms with Crippen molar-refractivity contribution >= 4 is 27.3 Å². The first kappa shape index (κ1) is 20.0. The van der Waals surface area contributed by atoms with Gasteiger partial charge in [-0.05, 0) is 54.7 Å². The predicted molar refractivity (Wildman–Crippen MR) is 104 cm³/mol. The van der Waals surface area contributed by atoms with Crippen LogP contribution in [-0.2, 0) is 15.6 Å². The Hall–Kier alpha value is -1.79. The molecule has 0 spiro atoms. The molecule has 1 fully saturated rings. The van der Waals surface area contributed by atoms with E-state index in [9.17, 15) is 13.2 Å². The minimum Gasteiger partial charge on any atom is -0.455 e. The van der Waals surface area contributed by atoms with Crippen LogP contribution in [-0.4, -0.2) is 20.4 Å². The molecule has 1 N–H and O–H groups in total. The van der Waals surface area contributed by atoms with Crippen molar-refractivity contribution in [2.45, 2.75) is 49.8 Å². The van der Waals surface area contributed by atoms with E-state index in [1.807, 2.05) is 0 Å². The number of carbonyl (C=O) groups is 1. The van der Waals surface area contributed by atoms with E-state index >= 15 is 0 Å². The fourth-order valence-electron chi connectivity index (χ4n) is 3.52. The van der Waals surface area contributed by atoms with Crippen LogP contribution in [0.1, 0.15) is 49.4 Å². The van der Waals surface area contributed by atoms with Gasteiger partial charge in [0.1, 0.15) is 11.5 Å². The van der Waals surface area contributed by atoms with Gasteiger partial charge in [0.05, 0.1) is 4.90 Å². The first-order valence-electron chi connectivity index (χ1n) is 9.14. The fraction of sp³-hybridized carbons (Fsp3) is 0.450. The molecular weight excluding hydrogens is 386 g/mol. The topological polar surface area (TPSA) is 76.4 Å². The van der Waals surface area contributed by atoms with Crippen molar-refractivity contribution in [1.29, 1.82) is 0 Å². The van der Waals surface area contributed by atoms with Crippen LogP contribution in [0.3, 0.4) is 0 Å². The molecule has 1 aromatic heterocycles. The highest BCUT2D eigenvalue weighted by Gasteiger charge is 2.29. The molecule has 1 aliphatic carbocycles. The van der Waals surface area contributed by atoms with Crippen molar-refractivity contribution in [2.75, 3.05) is 0 Å². The van der Waals surface area contributed by atoms with Gasteiger partial charge in [0.25, 0.3) is 5.91 Å². The van der Waals surface area contributed by atoms with Crippen molar-refractivity contribution in [2.24, 2.45) is 11.8 Å². The van der Waals surface area contributed by atoms with Crippen LogP contribution in [0, 0.1) is 11.8 Å². The van der Waals surface area contributed by atoms with Gasteiger partial charge in [0.2, 0.25) is 0 Å². The second kappa shape index (κ2) is 8.07. The molecule has 1 heterocycles. The van der Waals surface area contributed by atoms with Gasteiger partial charge < -0.3 is 9.73 Å². The molecule has 7 heteroatoms. The summed E-state index contributed by atoms with van der Waals surface area (Å²) in [5.74, 6) is 0.750. The normalized spacial score (nSPS) is 23.1. The summed E-state index contributed by atoms with van der Waals surface area (Å²) in [5, 5.41) is 3.50. The van der Waals surface area contributed by atoms with Crippen LogP contribution in [0.5, 0.6) is 0 Å². The van der Waals surface area contributed by atoms with Gasteiger partial charge in [-0.15, -0.1) is 0 Å². The van der Waals surface area contributed by atoms with Crippen LogP contribution in [0.2, 0.25) is 5.02 Å². The third-order valence-corrected chi connectivity index (χ3v) is 7.32. The Balaban J connectivity index is 1.67. The van der Waals surface area contributed by atoms with Crippen LogP contribution in [0.25, 0.3) is 0 Å². The zero-order chi connectivity index (χ0) is 19.6. The Morgan fingerprint density at radius 2 is 1.85 bits per heavy atom. The average molecular weight is 410 g/mol. The zero-order valence-corrected chi connectivity index (χ0v) is 17.0. The summed E-state index contributed by atoms with van der Waals surface area (Å²) in [7, 11) is -3.57. The molecule has 0 bridgehead atoms. The Morgan fingerprint density at radius 3 is 2.56 bits per heavy atom. The number of nitrogens with one attached hydrogen (secondary N) is 1. The standard InChI is InChI=1S/C20H24ClNO4S/c1-13-4-3-5-18(14(13)2)22-20(23)19-11-8-16(26-19)12-27(24,25)17-9-6-15(21)7-10-17/h6-11,13-14,18H,3-5,12H2,1-2H3,(H,22,23)/t13-,14+,18+/m1/s1. The number of carbonyl (C=O) groups excluding carboxylic acids is 1. The highest BCUT2D eigenvalue weighted by molar-refractivity contribution is 7.90. The summed E-state index contributed by atoms with van der Waals surface area (Å²) in [5.41, 5.74) is 0. The first-order chi connectivity index (χ1) is 12.8. The fourth-order valence-corrected chi connectivity index (χ4v) is 4.89. The average Bonchev–Trinajstić information content (AvgIpc) is 3.07. The van der Waals surface area contributed by atoms with E-state index in [4.69, 9.17) is 16.0 Å². The highest BCUT2D eigenvalue weighted by Crippen LogP contribution is 2.29. The second-order valence-electron chi connectivity index (χ2n) is 7.33. The highest BCUT2D eigenvalue weighted by atomic mass is 35.5. The molecule has 0 radical (unpaired) electrons. The second-order valence-corrected chi connectivity index (χ2v) is 9.75. The molecule has 1 aliphatic rings. The largest absolute Gasteiger partial charge is 0.455 e. The number of furan rings is 1. The molecular formula is C20H24ClNO4S. The first-order valence-corrected chi connectivity index (χ1v) is 11.2. The molecule has 1 saturated carbocycles. The third kappa shape index (κ3) is 4.74. The van der Waals surface area contributed by atoms with Crippen molar-refractivity contribution in [1.82, 2.24) is 5.32 Å². The summed E-state index contributed by atoms with van der Waals surface area (Å²) in [4.78, 5) is 12.6. The molecule has 146 valence electrons. The van der Waals surface area contributed by atoms with E-state index in [-0.39, 0.29) is 34.1 Å². The number of sulfone groups is 1. The van der Waals surface area contributed by atoms with Crippen molar-refractivity contribution in [3.63, 3.8) is 0 Å². The van der Waals surface area contributed by atoms with Crippen molar-refractivity contribution < 1.29 is 17.6 Å². The lowest BCUT2D eigenvalue weighted by molar-refractivity contribution is 0.0861. The van der Waals surface area contributed by atoms with E-state index in [0.29, 0.717) is 16.9 Å². The van der Waals surface area contributed by atoms with Gasteiger partial charge in [-0.2, -0.15) is 0 Å². The number of benzene rings is 1. The molecule has 0 aliphatic heterocycles. The monoisotopic (exact) mass is 409 g/mol. The van der Waals surface area contributed by atoms with Crippen LogP contribution < -0.4 is 5.32 Å². The van der Waals surface area contributed by atoms with E-state index in [1.165, 1.54) is 42.8 Å². The van der Waals surface area contributed by atoms with Gasteiger partial charge in [-0.25, -0.2) is 8.42 Å². The zero-order valence-electron chi connectivity index (χ0n) is 15.4. The Kier molecular flexibility index (Phi) is 5.96. The molecule has 3 atom stereocenters. The van der Waals surface area contributed by atoms with E-state index in [2.05, 4.69) is 19.2 Å². The summed E-state index contributed by atoms with van der Waals surface area (Å²) in [6.07, 6.45) is 3.23. The molecule has 2 aromatic rings. The molecule has 1 amide bonds. The van der Waals surface area contributed by atoms with Gasteiger partial charge in [0, 0.05) is 11.1 Å². The molecule has 5 nitrogen and oxygen atoms in total. The number of hydrogen-bond donors (Lipinski definition) is 1. The van der Waals surface area contributed by atoms with Crippen LogP contribution in [0.4, 0.5) is 0 Å². The number of hydrogen-bond acceptors (Lipinski definition) is 4. The van der Waals surface area contributed by atoms with E-state index < -0.39 is 9.84 Å². The Labute approximate surface area is 165 Å². The maximum atomic E-state index is 12.5. The molecule has 1 aromatic carbocycles.